The van der Waals surface area contributed by atoms with Crippen LogP contribution in [0.25, 0.3) is 28.7 Å². The van der Waals surface area contributed by atoms with E-state index in [1.807, 2.05) is 91.0 Å². The fourth-order valence-corrected chi connectivity index (χ4v) is 4.75. The highest BCUT2D eigenvalue weighted by Gasteiger charge is 2.21. The van der Waals surface area contributed by atoms with E-state index in [1.165, 1.54) is 10.8 Å². The van der Waals surface area contributed by atoms with Gasteiger partial charge in [-0.15, -0.1) is 0 Å². The maximum absolute atomic E-state index is 13.4. The third-order valence-electron chi connectivity index (χ3n) is 7.31. The lowest BCUT2D eigenvalue weighted by molar-refractivity contribution is -0.112. The molecule has 2 heterocycles. The van der Waals surface area contributed by atoms with Crippen molar-refractivity contribution in [1.29, 1.82) is 5.26 Å². The largest absolute Gasteiger partial charge is 0.494 e. The van der Waals surface area contributed by atoms with Gasteiger partial charge in [0.25, 0.3) is 11.5 Å². The number of hydrogen-bond acceptors (Lipinski definition) is 5. The molecule has 0 saturated heterocycles. The van der Waals surface area contributed by atoms with Crippen LogP contribution in [0.5, 0.6) is 5.75 Å². The standard InChI is InChI=1S/C35H34N6O3/c1-24(2)19-20-44-31-17-15-26(16-18-31)33-28(23-40(38-33)29-11-7-5-8-12-29)21-27(22-36)34(42)37-32-25(3)39(4)41(35(32)43)30-13-9-6-10-14-30/h5-18,21,23-24H,19-20H2,1-4H3,(H,37,42)/b27-21+. The third-order valence-corrected chi connectivity index (χ3v) is 7.31. The monoisotopic (exact) mass is 586 g/mol. The van der Waals surface area contributed by atoms with E-state index in [0.717, 1.165) is 23.4 Å². The predicted octanol–water partition coefficient (Wildman–Crippen LogP) is 6.31. The molecule has 0 radical (unpaired) electrons. The molecule has 5 aromatic rings. The van der Waals surface area contributed by atoms with E-state index in [0.29, 0.717) is 35.2 Å². The first-order valence-corrected chi connectivity index (χ1v) is 14.4. The van der Waals surface area contributed by atoms with E-state index in [4.69, 9.17) is 9.84 Å². The number of benzene rings is 3. The summed E-state index contributed by atoms with van der Waals surface area (Å²) in [6.45, 7) is 6.68. The molecule has 0 aliphatic heterocycles. The summed E-state index contributed by atoms with van der Waals surface area (Å²) in [5.74, 6) is 0.615. The number of ether oxygens (including phenoxy) is 1. The van der Waals surface area contributed by atoms with Crippen LogP contribution in [0, 0.1) is 24.2 Å². The molecule has 1 amide bonds. The number of anilines is 1. The molecule has 222 valence electrons. The van der Waals surface area contributed by atoms with E-state index in [1.54, 1.807) is 29.5 Å². The van der Waals surface area contributed by atoms with Crippen LogP contribution in [-0.4, -0.2) is 31.7 Å². The first kappa shape index (κ1) is 29.9. The maximum atomic E-state index is 13.4. The molecule has 0 unspecified atom stereocenters. The van der Waals surface area contributed by atoms with Crippen LogP contribution in [0.1, 0.15) is 31.5 Å². The van der Waals surface area contributed by atoms with Crippen LogP contribution in [0.2, 0.25) is 0 Å². The molecule has 0 spiro atoms. The Morgan fingerprint density at radius 2 is 1.64 bits per heavy atom. The summed E-state index contributed by atoms with van der Waals surface area (Å²) in [6, 6.07) is 28.3. The van der Waals surface area contributed by atoms with Crippen molar-refractivity contribution in [2.24, 2.45) is 13.0 Å². The van der Waals surface area contributed by atoms with Gasteiger partial charge in [-0.25, -0.2) is 9.36 Å². The Labute approximate surface area is 256 Å². The van der Waals surface area contributed by atoms with Gasteiger partial charge in [0.1, 0.15) is 23.1 Å². The zero-order valence-corrected chi connectivity index (χ0v) is 25.2. The number of para-hydroxylation sites is 2. The number of carbonyl (C=O) groups is 1. The van der Waals surface area contributed by atoms with Crippen molar-refractivity contribution in [3.05, 3.63) is 118 Å². The second-order valence-electron chi connectivity index (χ2n) is 10.8. The van der Waals surface area contributed by atoms with Crippen molar-refractivity contribution in [3.63, 3.8) is 0 Å². The quantitative estimate of drug-likeness (QED) is 0.153. The number of amides is 1. The summed E-state index contributed by atoms with van der Waals surface area (Å²) >= 11 is 0. The third kappa shape index (κ3) is 6.40. The zero-order valence-electron chi connectivity index (χ0n) is 25.2. The van der Waals surface area contributed by atoms with Crippen molar-refractivity contribution < 1.29 is 9.53 Å². The Morgan fingerprint density at radius 3 is 2.25 bits per heavy atom. The lowest BCUT2D eigenvalue weighted by Crippen LogP contribution is -2.23. The molecule has 0 saturated carbocycles. The summed E-state index contributed by atoms with van der Waals surface area (Å²) < 4.78 is 10.7. The van der Waals surface area contributed by atoms with Gasteiger partial charge in [-0.1, -0.05) is 50.2 Å². The summed E-state index contributed by atoms with van der Waals surface area (Å²) in [5.41, 5.74) is 3.54. The SMILES string of the molecule is Cc1c(NC(=O)/C(C#N)=C/c2cn(-c3ccccc3)nc2-c2ccc(OCCC(C)C)cc2)c(=O)n(-c2ccccc2)n1C. The van der Waals surface area contributed by atoms with E-state index in [9.17, 15) is 14.9 Å². The van der Waals surface area contributed by atoms with Gasteiger partial charge in [-0.05, 0) is 73.9 Å². The van der Waals surface area contributed by atoms with E-state index in [2.05, 4.69) is 19.2 Å². The van der Waals surface area contributed by atoms with Crippen molar-refractivity contribution in [1.82, 2.24) is 19.1 Å². The number of hydrogen-bond donors (Lipinski definition) is 1. The first-order chi connectivity index (χ1) is 21.3. The molecular formula is C35H34N6O3. The molecule has 1 N–H and O–H groups in total. The molecule has 0 aliphatic rings. The number of rotatable bonds is 10. The molecule has 9 nitrogen and oxygen atoms in total. The minimum Gasteiger partial charge on any atom is -0.494 e. The minimum atomic E-state index is -0.689. The lowest BCUT2D eigenvalue weighted by atomic mass is 10.1. The fraction of sp³-hybridized carbons (Fsp3) is 0.200. The normalized spacial score (nSPS) is 11.4. The van der Waals surface area contributed by atoms with Crippen LogP contribution in [0.4, 0.5) is 5.69 Å². The number of nitrogens with one attached hydrogen (secondary N) is 1. The molecule has 0 fully saturated rings. The summed E-state index contributed by atoms with van der Waals surface area (Å²) in [4.78, 5) is 26.8. The minimum absolute atomic E-state index is 0.107. The Balaban J connectivity index is 1.49. The first-order valence-electron chi connectivity index (χ1n) is 14.4. The van der Waals surface area contributed by atoms with E-state index >= 15 is 0 Å². The topological polar surface area (TPSA) is 107 Å². The number of aromatic nitrogens is 4. The van der Waals surface area contributed by atoms with Gasteiger partial charge in [0.05, 0.1) is 29.4 Å². The van der Waals surface area contributed by atoms with Gasteiger partial charge < -0.3 is 10.1 Å². The lowest BCUT2D eigenvalue weighted by Gasteiger charge is -2.08. The second-order valence-corrected chi connectivity index (χ2v) is 10.8. The van der Waals surface area contributed by atoms with Crippen LogP contribution < -0.4 is 15.6 Å². The van der Waals surface area contributed by atoms with Crippen LogP contribution in [0.15, 0.2) is 101 Å². The average molecular weight is 587 g/mol. The van der Waals surface area contributed by atoms with Crippen molar-refractivity contribution in [3.8, 4) is 34.5 Å². The number of nitriles is 1. The molecule has 3 aromatic carbocycles. The van der Waals surface area contributed by atoms with Crippen LogP contribution in [-0.2, 0) is 11.8 Å². The highest BCUT2D eigenvalue weighted by atomic mass is 16.5. The summed E-state index contributed by atoms with van der Waals surface area (Å²) in [6.07, 6.45) is 4.23. The van der Waals surface area contributed by atoms with Crippen molar-refractivity contribution in [2.75, 3.05) is 11.9 Å². The number of carbonyl (C=O) groups excluding carboxylic acids is 1. The molecular weight excluding hydrogens is 552 g/mol. The molecule has 0 atom stereocenters. The van der Waals surface area contributed by atoms with Gasteiger partial charge in [-0.3, -0.25) is 14.3 Å². The summed E-state index contributed by atoms with van der Waals surface area (Å²) in [5, 5.41) is 17.5. The number of nitrogens with zero attached hydrogens (tertiary/aromatic N) is 5. The Bertz CT molecular complexity index is 1890. The van der Waals surface area contributed by atoms with Crippen molar-refractivity contribution in [2.45, 2.75) is 27.2 Å². The van der Waals surface area contributed by atoms with Gasteiger partial charge in [0.15, 0.2) is 0 Å². The van der Waals surface area contributed by atoms with Gasteiger partial charge in [0.2, 0.25) is 0 Å². The van der Waals surface area contributed by atoms with Crippen LogP contribution in [0.3, 0.4) is 0 Å². The molecule has 44 heavy (non-hydrogen) atoms. The molecule has 0 bridgehead atoms. The predicted molar refractivity (Wildman–Crippen MR) is 172 cm³/mol. The maximum Gasteiger partial charge on any atom is 0.295 e. The highest BCUT2D eigenvalue weighted by molar-refractivity contribution is 6.10. The van der Waals surface area contributed by atoms with Gasteiger partial charge >= 0.3 is 0 Å². The average Bonchev–Trinajstić information content (AvgIpc) is 3.55. The van der Waals surface area contributed by atoms with E-state index in [-0.39, 0.29) is 11.3 Å². The Kier molecular flexibility index (Phi) is 8.91. The van der Waals surface area contributed by atoms with Gasteiger partial charge in [-0.2, -0.15) is 10.4 Å². The molecule has 5 rings (SSSR count). The fourth-order valence-electron chi connectivity index (χ4n) is 4.75. The highest BCUT2D eigenvalue weighted by Crippen LogP contribution is 2.28. The van der Waals surface area contributed by atoms with Crippen molar-refractivity contribution >= 4 is 17.7 Å². The van der Waals surface area contributed by atoms with Crippen LogP contribution >= 0.6 is 0 Å². The van der Waals surface area contributed by atoms with E-state index < -0.39 is 11.5 Å². The molecule has 2 aromatic heterocycles. The summed E-state index contributed by atoms with van der Waals surface area (Å²) in [7, 11) is 1.74. The van der Waals surface area contributed by atoms with Gasteiger partial charge in [0, 0.05) is 24.4 Å². The molecule has 0 aliphatic carbocycles. The zero-order chi connectivity index (χ0) is 31.2. The second kappa shape index (κ2) is 13.1. The molecule has 9 heteroatoms. The Morgan fingerprint density at radius 1 is 1.00 bits per heavy atom. The Hall–Kier alpha value is -5.62. The smallest absolute Gasteiger partial charge is 0.295 e.